The van der Waals surface area contributed by atoms with Gasteiger partial charge >= 0.3 is 134 Å². The third-order valence-electron chi connectivity index (χ3n) is 3.18. The fourth-order valence-corrected chi connectivity index (χ4v) is 9.37. The number of hydrogen-bond acceptors (Lipinski definition) is 2. The molecule has 0 radical (unpaired) electrons. The number of halogens is 2. The molecule has 3 rings (SSSR count). The molecular formula is C16H12Cl2O2Te. The molecule has 5 heteroatoms. The van der Waals surface area contributed by atoms with Gasteiger partial charge in [-0.1, -0.05) is 0 Å². The molecule has 2 aromatic carbocycles. The second-order valence-corrected chi connectivity index (χ2v) is 18.1. The molecule has 108 valence electrons. The normalized spacial score (nSPS) is 12.5. The third-order valence-corrected chi connectivity index (χ3v) is 11.5. The molecule has 0 unspecified atom stereocenters. The van der Waals surface area contributed by atoms with Crippen LogP contribution in [0.3, 0.4) is 0 Å². The van der Waals surface area contributed by atoms with Crippen LogP contribution in [-0.2, 0) is 0 Å². The molecule has 2 nitrogen and oxygen atoms in total. The van der Waals surface area contributed by atoms with Crippen molar-refractivity contribution in [2.75, 3.05) is 0 Å². The van der Waals surface area contributed by atoms with Crippen LogP contribution in [-0.4, -0.2) is 21.7 Å². The summed E-state index contributed by atoms with van der Waals surface area (Å²) in [7, 11) is 13.3. The van der Waals surface area contributed by atoms with E-state index in [-0.39, 0.29) is 10.3 Å². The van der Waals surface area contributed by atoms with E-state index >= 15 is 0 Å². The van der Waals surface area contributed by atoms with Gasteiger partial charge in [-0.3, -0.25) is 0 Å². The van der Waals surface area contributed by atoms with Crippen LogP contribution in [0, 0.1) is 0 Å². The Morgan fingerprint density at radius 3 is 2.52 bits per heavy atom. The van der Waals surface area contributed by atoms with Crippen molar-refractivity contribution in [2.45, 2.75) is 4.47 Å². The van der Waals surface area contributed by atoms with E-state index < -0.39 is 15.9 Å². The van der Waals surface area contributed by atoms with E-state index in [0.29, 0.717) is 5.76 Å². The molecule has 0 amide bonds. The Bertz CT molecular complexity index is 777. The van der Waals surface area contributed by atoms with Gasteiger partial charge in [-0.15, -0.1) is 0 Å². The fraction of sp³-hybridized carbons (Fsp3) is 0.0625. The van der Waals surface area contributed by atoms with Gasteiger partial charge in [0.1, 0.15) is 0 Å². The summed E-state index contributed by atoms with van der Waals surface area (Å²) in [6.45, 7) is 0. The van der Waals surface area contributed by atoms with E-state index in [1.165, 1.54) is 6.26 Å². The topological polar surface area (TPSA) is 30.2 Å². The van der Waals surface area contributed by atoms with E-state index in [0.717, 1.165) is 14.4 Å². The van der Waals surface area contributed by atoms with Crippen LogP contribution in [0.5, 0.6) is 0 Å². The zero-order valence-electron chi connectivity index (χ0n) is 11.0. The number of carbonyl (C=O) groups is 1. The first-order valence-electron chi connectivity index (χ1n) is 6.33. The first-order valence-corrected chi connectivity index (χ1v) is 15.0. The Hall–Kier alpha value is -0.980. The van der Waals surface area contributed by atoms with Gasteiger partial charge in [0.05, 0.1) is 0 Å². The summed E-state index contributed by atoms with van der Waals surface area (Å²) in [6, 6.07) is 17.1. The molecule has 3 aromatic rings. The zero-order chi connectivity index (χ0) is 14.9. The first-order chi connectivity index (χ1) is 10.1. The molecule has 1 heterocycles. The van der Waals surface area contributed by atoms with Crippen LogP contribution in [0.15, 0.2) is 65.3 Å². The van der Waals surface area contributed by atoms with Crippen LogP contribution in [0.25, 0.3) is 10.8 Å². The first kappa shape index (κ1) is 14.9. The molecule has 0 N–H and O–H groups in total. The van der Waals surface area contributed by atoms with Crippen LogP contribution >= 0.6 is 17.9 Å². The molecular weight excluding hydrogens is 423 g/mol. The summed E-state index contributed by atoms with van der Waals surface area (Å²) in [5, 5.41) is 2.11. The van der Waals surface area contributed by atoms with Crippen LogP contribution in [0.4, 0.5) is 0 Å². The number of Topliss-reactive ketones (excluding diaryl/α,β-unsaturated/α-hetero) is 1. The second-order valence-electron chi connectivity index (χ2n) is 4.60. The monoisotopic (exact) mass is 436 g/mol. The summed E-state index contributed by atoms with van der Waals surface area (Å²) in [6.07, 6.45) is 1.47. The number of carbonyl (C=O) groups excluding carboxylic acids is 1. The van der Waals surface area contributed by atoms with E-state index in [1.54, 1.807) is 12.1 Å². The number of hydrogen-bond donors (Lipinski definition) is 0. The van der Waals surface area contributed by atoms with Crippen molar-refractivity contribution in [1.29, 1.82) is 0 Å². The average molecular weight is 435 g/mol. The number of benzene rings is 2. The van der Waals surface area contributed by atoms with Crippen LogP contribution in [0.2, 0.25) is 4.47 Å². The van der Waals surface area contributed by atoms with Crippen molar-refractivity contribution in [3.63, 3.8) is 0 Å². The van der Waals surface area contributed by atoms with Crippen LogP contribution in [0.1, 0.15) is 10.6 Å². The third kappa shape index (κ3) is 3.12. The molecule has 0 spiro atoms. The quantitative estimate of drug-likeness (QED) is 0.449. The van der Waals surface area contributed by atoms with Gasteiger partial charge in [0.15, 0.2) is 0 Å². The molecule has 0 fully saturated rings. The number of rotatable bonds is 4. The van der Waals surface area contributed by atoms with Crippen molar-refractivity contribution in [3.05, 3.63) is 66.6 Å². The van der Waals surface area contributed by atoms with E-state index in [9.17, 15) is 4.79 Å². The molecule has 0 saturated heterocycles. The van der Waals surface area contributed by atoms with Gasteiger partial charge in [-0.2, -0.15) is 0 Å². The Balaban J connectivity index is 1.98. The molecule has 0 atom stereocenters. The molecule has 0 aliphatic carbocycles. The number of furan rings is 1. The predicted molar refractivity (Wildman–Crippen MR) is 88.9 cm³/mol. The Kier molecular flexibility index (Phi) is 4.28. The molecule has 0 aliphatic rings. The van der Waals surface area contributed by atoms with Crippen molar-refractivity contribution >= 4 is 54.0 Å². The summed E-state index contributed by atoms with van der Waals surface area (Å²) in [4.78, 5) is 12.2. The van der Waals surface area contributed by atoms with Gasteiger partial charge in [0.25, 0.3) is 0 Å². The van der Waals surface area contributed by atoms with Gasteiger partial charge < -0.3 is 0 Å². The summed E-state index contributed by atoms with van der Waals surface area (Å²) in [5.41, 5.74) is 0. The molecule has 0 saturated carbocycles. The van der Waals surface area contributed by atoms with Gasteiger partial charge in [-0.05, 0) is 0 Å². The van der Waals surface area contributed by atoms with E-state index in [2.05, 4.69) is 0 Å². The van der Waals surface area contributed by atoms with Crippen LogP contribution < -0.4 is 3.61 Å². The minimum absolute atomic E-state index is 0.140. The standard InChI is InChI=1S/C16H12Cl2O2Te/c17-21(18,11-14(19)15-8-4-10-20-15)16-9-3-6-12-5-1-2-7-13(12)16/h1-10H,11H2. The summed E-state index contributed by atoms with van der Waals surface area (Å²) >= 11 is -3.53. The Labute approximate surface area is 133 Å². The van der Waals surface area contributed by atoms with Crippen molar-refractivity contribution < 1.29 is 9.21 Å². The Morgan fingerprint density at radius 1 is 1.00 bits per heavy atom. The summed E-state index contributed by atoms with van der Waals surface area (Å²) in [5.74, 6) is 0.173. The predicted octanol–water partition coefficient (Wildman–Crippen LogP) is 4.44. The van der Waals surface area contributed by atoms with Crippen molar-refractivity contribution in [3.8, 4) is 0 Å². The van der Waals surface area contributed by atoms with E-state index in [4.69, 9.17) is 22.3 Å². The molecule has 0 aliphatic heterocycles. The second kappa shape index (κ2) is 6.02. The van der Waals surface area contributed by atoms with Crippen molar-refractivity contribution in [1.82, 2.24) is 0 Å². The zero-order valence-corrected chi connectivity index (χ0v) is 14.8. The fourth-order valence-electron chi connectivity index (χ4n) is 2.21. The molecule has 0 bridgehead atoms. The van der Waals surface area contributed by atoms with E-state index in [1.807, 2.05) is 42.5 Å². The van der Waals surface area contributed by atoms with Gasteiger partial charge in [-0.25, -0.2) is 0 Å². The molecule has 1 aromatic heterocycles. The van der Waals surface area contributed by atoms with Gasteiger partial charge in [0, 0.05) is 0 Å². The molecule has 21 heavy (non-hydrogen) atoms. The average Bonchev–Trinajstić information content (AvgIpc) is 3.00. The summed E-state index contributed by atoms with van der Waals surface area (Å²) < 4.78 is 6.19. The maximum absolute atomic E-state index is 12.2. The van der Waals surface area contributed by atoms with Crippen molar-refractivity contribution in [2.24, 2.45) is 0 Å². The minimum atomic E-state index is -3.53. The number of fused-ring (bicyclic) bond motifs is 1. The SMILES string of the molecule is O=C(C[Te](Cl)(Cl)c1cccc2ccccc12)c1ccco1. The maximum atomic E-state index is 12.2. The Morgan fingerprint density at radius 2 is 1.76 bits per heavy atom. The van der Waals surface area contributed by atoms with Gasteiger partial charge in [0.2, 0.25) is 0 Å². The number of ketones is 1.